The molecule has 7 heteroatoms. The van der Waals surface area contributed by atoms with Crippen LogP contribution in [-0.2, 0) is 19.4 Å². The quantitative estimate of drug-likeness (QED) is 0.360. The lowest BCUT2D eigenvalue weighted by molar-refractivity contribution is -0.283. The summed E-state index contributed by atoms with van der Waals surface area (Å²) in [5.41, 5.74) is -0.185. The van der Waals surface area contributed by atoms with E-state index in [1.54, 1.807) is 0 Å². The molecular weight excluding hydrogens is 193 g/mol. The van der Waals surface area contributed by atoms with Crippen molar-refractivity contribution in [2.45, 2.75) is 13.1 Å². The molecule has 0 fully saturated rings. The van der Waals surface area contributed by atoms with Crippen molar-refractivity contribution in [3.05, 3.63) is 12.2 Å². The van der Waals surface area contributed by atoms with E-state index in [0.717, 1.165) is 0 Å². The lowest BCUT2D eigenvalue weighted by Crippen LogP contribution is -2.26. The van der Waals surface area contributed by atoms with E-state index >= 15 is 0 Å². The van der Waals surface area contributed by atoms with E-state index in [1.165, 1.54) is 6.92 Å². The molecule has 0 aromatic heterocycles. The molecular formula is C6H5F3O4. The van der Waals surface area contributed by atoms with Gasteiger partial charge in [0.15, 0.2) is 0 Å². The molecule has 0 unspecified atom stereocenters. The van der Waals surface area contributed by atoms with Crippen LogP contribution >= 0.6 is 0 Å². The minimum Gasteiger partial charge on any atom is -0.242 e. The highest BCUT2D eigenvalue weighted by Gasteiger charge is 2.43. The molecule has 4 nitrogen and oxygen atoms in total. The molecule has 13 heavy (non-hydrogen) atoms. The van der Waals surface area contributed by atoms with E-state index in [9.17, 15) is 22.8 Å². The van der Waals surface area contributed by atoms with Crippen LogP contribution in [0.4, 0.5) is 13.2 Å². The van der Waals surface area contributed by atoms with Gasteiger partial charge in [-0.2, -0.15) is 13.2 Å². The van der Waals surface area contributed by atoms with Crippen molar-refractivity contribution in [1.82, 2.24) is 0 Å². The van der Waals surface area contributed by atoms with Crippen LogP contribution < -0.4 is 0 Å². The summed E-state index contributed by atoms with van der Waals surface area (Å²) in [6, 6.07) is 0. The van der Waals surface area contributed by atoms with Gasteiger partial charge in [0.05, 0.1) is 0 Å². The maximum atomic E-state index is 11.4. The van der Waals surface area contributed by atoms with Gasteiger partial charge in [0.1, 0.15) is 0 Å². The first kappa shape index (κ1) is 11.5. The van der Waals surface area contributed by atoms with Gasteiger partial charge >= 0.3 is 18.1 Å². The molecule has 0 amide bonds. The molecule has 0 spiro atoms. The highest BCUT2D eigenvalue weighted by molar-refractivity contribution is 5.87. The number of rotatable bonds is 1. The first-order chi connectivity index (χ1) is 5.75. The zero-order chi connectivity index (χ0) is 10.6. The maximum absolute atomic E-state index is 11.4. The minimum atomic E-state index is -5.19. The number of carbonyl (C=O) groups is 2. The topological polar surface area (TPSA) is 52.6 Å². The fourth-order valence-electron chi connectivity index (χ4n) is 0.194. The van der Waals surface area contributed by atoms with Crippen LogP contribution in [0.25, 0.3) is 0 Å². The first-order valence-corrected chi connectivity index (χ1v) is 2.90. The van der Waals surface area contributed by atoms with Gasteiger partial charge in [-0.05, 0) is 6.92 Å². The van der Waals surface area contributed by atoms with Gasteiger partial charge in [0, 0.05) is 5.57 Å². The lowest BCUT2D eigenvalue weighted by Gasteiger charge is -2.04. The number of carbonyl (C=O) groups excluding carboxylic acids is 2. The summed E-state index contributed by atoms with van der Waals surface area (Å²) in [6.45, 7) is 4.23. The smallest absolute Gasteiger partial charge is 0.242 e. The van der Waals surface area contributed by atoms with E-state index in [-0.39, 0.29) is 5.57 Å². The third-order valence-electron chi connectivity index (χ3n) is 0.773. The van der Waals surface area contributed by atoms with Crippen LogP contribution in [0.2, 0.25) is 0 Å². The Hall–Kier alpha value is -1.53. The number of hydrogen-bond acceptors (Lipinski definition) is 4. The Morgan fingerprint density at radius 2 is 1.69 bits per heavy atom. The van der Waals surface area contributed by atoms with Crippen LogP contribution in [0.3, 0.4) is 0 Å². The van der Waals surface area contributed by atoms with Crippen LogP contribution in [0, 0.1) is 0 Å². The fourth-order valence-corrected chi connectivity index (χ4v) is 0.194. The Kier molecular flexibility index (Phi) is 3.46. The summed E-state index contributed by atoms with van der Waals surface area (Å²) in [5, 5.41) is 0. The first-order valence-electron chi connectivity index (χ1n) is 2.90. The standard InChI is InChI=1S/C6H5F3O4/c1-3(2)4(10)12-13-5(11)6(7,8)9/h1H2,2H3. The van der Waals surface area contributed by atoms with Crippen molar-refractivity contribution >= 4 is 11.9 Å². The second kappa shape index (κ2) is 3.92. The highest BCUT2D eigenvalue weighted by atomic mass is 19.4. The van der Waals surface area contributed by atoms with E-state index in [0.29, 0.717) is 0 Å². The van der Waals surface area contributed by atoms with Crippen molar-refractivity contribution in [2.75, 3.05) is 0 Å². The molecule has 0 bridgehead atoms. The Morgan fingerprint density at radius 1 is 1.23 bits per heavy atom. The van der Waals surface area contributed by atoms with Gasteiger partial charge in [-0.1, -0.05) is 6.58 Å². The normalized spacial score (nSPS) is 10.5. The summed E-state index contributed by atoms with van der Waals surface area (Å²) in [7, 11) is 0. The SMILES string of the molecule is C=C(C)C(=O)OOC(=O)C(F)(F)F. The minimum absolute atomic E-state index is 0.185. The summed E-state index contributed by atoms with van der Waals surface area (Å²) in [4.78, 5) is 27.0. The highest BCUT2D eigenvalue weighted by Crippen LogP contribution is 2.16. The van der Waals surface area contributed by atoms with Crippen molar-refractivity contribution in [2.24, 2.45) is 0 Å². The molecule has 74 valence electrons. The summed E-state index contributed by atoms with van der Waals surface area (Å²) in [5.74, 6) is -3.83. The van der Waals surface area contributed by atoms with E-state index in [4.69, 9.17) is 0 Å². The zero-order valence-electron chi connectivity index (χ0n) is 6.47. The Balaban J connectivity index is 3.99. The predicted molar refractivity (Wildman–Crippen MR) is 33.1 cm³/mol. The second-order valence-corrected chi connectivity index (χ2v) is 2.02. The van der Waals surface area contributed by atoms with Crippen LogP contribution in [0.1, 0.15) is 6.92 Å². The molecule has 0 rings (SSSR count). The molecule has 0 saturated heterocycles. The summed E-state index contributed by atoms with van der Waals surface area (Å²) in [6.07, 6.45) is -5.19. The van der Waals surface area contributed by atoms with Crippen LogP contribution in [-0.4, -0.2) is 18.1 Å². The Morgan fingerprint density at radius 3 is 2.00 bits per heavy atom. The van der Waals surface area contributed by atoms with Crippen LogP contribution in [0.15, 0.2) is 12.2 Å². The number of alkyl halides is 3. The van der Waals surface area contributed by atoms with Gasteiger partial charge in [-0.3, -0.25) is 0 Å². The largest absolute Gasteiger partial charge is 0.495 e. The predicted octanol–water partition coefficient (Wildman–Crippen LogP) is 1.13. The molecule has 0 aromatic rings. The Bertz CT molecular complexity index is 243. The molecule has 0 aromatic carbocycles. The van der Waals surface area contributed by atoms with Crippen molar-refractivity contribution < 1.29 is 32.5 Å². The molecule has 0 saturated carbocycles. The average molecular weight is 198 g/mol. The molecule has 0 radical (unpaired) electrons. The van der Waals surface area contributed by atoms with Gasteiger partial charge < -0.3 is 0 Å². The number of hydrogen-bond donors (Lipinski definition) is 0. The van der Waals surface area contributed by atoms with Crippen molar-refractivity contribution in [3.8, 4) is 0 Å². The summed E-state index contributed by atoms with van der Waals surface area (Å²) < 4.78 is 34.2. The van der Waals surface area contributed by atoms with E-state index in [2.05, 4.69) is 16.4 Å². The monoisotopic (exact) mass is 198 g/mol. The second-order valence-electron chi connectivity index (χ2n) is 2.02. The third-order valence-corrected chi connectivity index (χ3v) is 0.773. The van der Waals surface area contributed by atoms with Gasteiger partial charge in [0.2, 0.25) is 0 Å². The van der Waals surface area contributed by atoms with Gasteiger partial charge in [-0.15, -0.1) is 0 Å². The molecule has 0 heterocycles. The van der Waals surface area contributed by atoms with E-state index in [1.807, 2.05) is 0 Å². The molecule has 0 N–H and O–H groups in total. The maximum Gasteiger partial charge on any atom is 0.495 e. The number of halogens is 3. The van der Waals surface area contributed by atoms with Gasteiger partial charge in [0.25, 0.3) is 0 Å². The average Bonchev–Trinajstić information content (AvgIpc) is 1.97. The zero-order valence-corrected chi connectivity index (χ0v) is 6.47. The molecule has 0 aliphatic rings. The van der Waals surface area contributed by atoms with Crippen molar-refractivity contribution in [1.29, 1.82) is 0 Å². The molecule has 0 aliphatic heterocycles. The van der Waals surface area contributed by atoms with E-state index < -0.39 is 18.1 Å². The van der Waals surface area contributed by atoms with Crippen molar-refractivity contribution in [3.63, 3.8) is 0 Å². The Labute approximate surface area is 70.9 Å². The lowest BCUT2D eigenvalue weighted by atomic mass is 10.4. The fraction of sp³-hybridized carbons (Fsp3) is 0.333. The van der Waals surface area contributed by atoms with Crippen LogP contribution in [0.5, 0.6) is 0 Å². The molecule has 0 aliphatic carbocycles. The van der Waals surface area contributed by atoms with Gasteiger partial charge in [-0.25, -0.2) is 19.4 Å². The third kappa shape index (κ3) is 4.14. The summed E-state index contributed by atoms with van der Waals surface area (Å²) >= 11 is 0. The molecule has 0 atom stereocenters.